The minimum Gasteiger partial charge on any atom is -0.508 e. The van der Waals surface area contributed by atoms with E-state index in [1.165, 1.54) is 17.2 Å². The van der Waals surface area contributed by atoms with Crippen LogP contribution in [0.15, 0.2) is 34.8 Å². The van der Waals surface area contributed by atoms with E-state index in [-0.39, 0.29) is 11.9 Å². The smallest absolute Gasteiger partial charge is 0.137 e. The highest BCUT2D eigenvalue weighted by Crippen LogP contribution is 2.35. The summed E-state index contributed by atoms with van der Waals surface area (Å²) in [6.45, 7) is 1.90. The third kappa shape index (κ3) is 2.91. The molecule has 0 aliphatic heterocycles. The molecule has 0 bridgehead atoms. The van der Waals surface area contributed by atoms with E-state index in [9.17, 15) is 9.50 Å². The standard InChI is InChI=1S/C17H17BrFNO/c1-10-7-15(19)14(18)9-17(10)20-16-4-2-3-11-8-12(21)5-6-13(11)16/h5-9,16,20-21H,2-4H2,1H3. The average Bonchev–Trinajstić information content (AvgIpc) is 2.44. The third-order valence-corrected chi connectivity index (χ3v) is 4.65. The molecule has 0 spiro atoms. The number of benzene rings is 2. The van der Waals surface area contributed by atoms with Gasteiger partial charge in [0.15, 0.2) is 0 Å². The topological polar surface area (TPSA) is 32.3 Å². The number of fused-ring (bicyclic) bond motifs is 1. The summed E-state index contributed by atoms with van der Waals surface area (Å²) in [6, 6.07) is 9.08. The molecule has 0 saturated carbocycles. The molecule has 2 nitrogen and oxygen atoms in total. The highest BCUT2D eigenvalue weighted by atomic mass is 79.9. The molecule has 0 aromatic heterocycles. The number of anilines is 1. The Morgan fingerprint density at radius 3 is 2.90 bits per heavy atom. The lowest BCUT2D eigenvalue weighted by atomic mass is 9.87. The van der Waals surface area contributed by atoms with E-state index in [0.29, 0.717) is 10.2 Å². The molecule has 1 aliphatic rings. The number of hydrogen-bond donors (Lipinski definition) is 2. The maximum atomic E-state index is 13.5. The Balaban J connectivity index is 1.92. The molecule has 0 heterocycles. The Morgan fingerprint density at radius 2 is 2.10 bits per heavy atom. The van der Waals surface area contributed by atoms with Crippen molar-refractivity contribution >= 4 is 21.6 Å². The highest BCUT2D eigenvalue weighted by Gasteiger charge is 2.21. The van der Waals surface area contributed by atoms with Crippen molar-refractivity contribution in [1.29, 1.82) is 0 Å². The molecule has 110 valence electrons. The third-order valence-electron chi connectivity index (χ3n) is 4.04. The van der Waals surface area contributed by atoms with Gasteiger partial charge < -0.3 is 10.4 Å². The zero-order chi connectivity index (χ0) is 15.0. The summed E-state index contributed by atoms with van der Waals surface area (Å²) >= 11 is 3.24. The number of nitrogens with one attached hydrogen (secondary N) is 1. The van der Waals surface area contributed by atoms with Gasteiger partial charge in [-0.2, -0.15) is 0 Å². The fourth-order valence-corrected chi connectivity index (χ4v) is 3.28. The first-order chi connectivity index (χ1) is 10.0. The van der Waals surface area contributed by atoms with Crippen LogP contribution in [0.4, 0.5) is 10.1 Å². The fourth-order valence-electron chi connectivity index (χ4n) is 2.94. The molecule has 0 radical (unpaired) electrons. The number of phenolic OH excluding ortho intramolecular Hbond substituents is 1. The van der Waals surface area contributed by atoms with Crippen molar-refractivity contribution in [2.75, 3.05) is 5.32 Å². The Kier molecular flexibility index (Phi) is 3.89. The lowest BCUT2D eigenvalue weighted by molar-refractivity contribution is 0.472. The van der Waals surface area contributed by atoms with Crippen molar-refractivity contribution in [3.8, 4) is 5.75 Å². The van der Waals surface area contributed by atoms with Crippen LogP contribution in [0.1, 0.15) is 35.6 Å². The molecule has 21 heavy (non-hydrogen) atoms. The second-order valence-electron chi connectivity index (χ2n) is 5.55. The van der Waals surface area contributed by atoms with E-state index in [4.69, 9.17) is 0 Å². The first kappa shape index (κ1) is 14.4. The van der Waals surface area contributed by atoms with Crippen LogP contribution >= 0.6 is 15.9 Å². The van der Waals surface area contributed by atoms with Gasteiger partial charge in [-0.15, -0.1) is 0 Å². The quantitative estimate of drug-likeness (QED) is 0.791. The Bertz CT molecular complexity index is 687. The molecule has 4 heteroatoms. The Hall–Kier alpha value is -1.55. The SMILES string of the molecule is Cc1cc(F)c(Br)cc1NC1CCCc2cc(O)ccc21. The molecule has 1 atom stereocenters. The van der Waals surface area contributed by atoms with Gasteiger partial charge in [0.05, 0.1) is 10.5 Å². The van der Waals surface area contributed by atoms with Crippen LogP contribution in [0.3, 0.4) is 0 Å². The summed E-state index contributed by atoms with van der Waals surface area (Å²) in [6.07, 6.45) is 3.11. The van der Waals surface area contributed by atoms with Crippen molar-refractivity contribution in [2.45, 2.75) is 32.2 Å². The summed E-state index contributed by atoms with van der Waals surface area (Å²) in [5, 5.41) is 13.1. The second-order valence-corrected chi connectivity index (χ2v) is 6.41. The van der Waals surface area contributed by atoms with Gasteiger partial charge in [0, 0.05) is 5.69 Å². The van der Waals surface area contributed by atoms with E-state index >= 15 is 0 Å². The largest absolute Gasteiger partial charge is 0.508 e. The predicted molar refractivity (Wildman–Crippen MR) is 86.2 cm³/mol. The van der Waals surface area contributed by atoms with Crippen LogP contribution in [-0.4, -0.2) is 5.11 Å². The normalized spacial score (nSPS) is 17.4. The van der Waals surface area contributed by atoms with Crippen LogP contribution in [0.5, 0.6) is 5.75 Å². The lowest BCUT2D eigenvalue weighted by Crippen LogP contribution is -2.17. The van der Waals surface area contributed by atoms with Gasteiger partial charge in [-0.05, 0) is 83.1 Å². The minimum absolute atomic E-state index is 0.199. The zero-order valence-corrected chi connectivity index (χ0v) is 13.4. The molecule has 2 aromatic rings. The molecular formula is C17H17BrFNO. The van der Waals surface area contributed by atoms with Crippen LogP contribution in [-0.2, 0) is 6.42 Å². The van der Waals surface area contributed by atoms with Gasteiger partial charge in [0.1, 0.15) is 11.6 Å². The van der Waals surface area contributed by atoms with E-state index in [1.807, 2.05) is 19.1 Å². The number of rotatable bonds is 2. The predicted octanol–water partition coefficient (Wildman–Crippen LogP) is 5.09. The molecule has 0 fully saturated rings. The van der Waals surface area contributed by atoms with Gasteiger partial charge in [0.2, 0.25) is 0 Å². The summed E-state index contributed by atoms with van der Waals surface area (Å²) in [5.41, 5.74) is 4.24. The van der Waals surface area contributed by atoms with Gasteiger partial charge in [-0.1, -0.05) is 6.07 Å². The van der Waals surface area contributed by atoms with Crippen molar-refractivity contribution in [3.63, 3.8) is 0 Å². The monoisotopic (exact) mass is 349 g/mol. The van der Waals surface area contributed by atoms with Gasteiger partial charge in [0.25, 0.3) is 0 Å². The fraction of sp³-hybridized carbons (Fsp3) is 0.294. The Labute approximate surface area is 132 Å². The van der Waals surface area contributed by atoms with Crippen LogP contribution in [0, 0.1) is 12.7 Å². The van der Waals surface area contributed by atoms with E-state index in [2.05, 4.69) is 21.2 Å². The van der Waals surface area contributed by atoms with Gasteiger partial charge >= 0.3 is 0 Å². The number of phenols is 1. The molecular weight excluding hydrogens is 333 g/mol. The molecule has 0 saturated heterocycles. The summed E-state index contributed by atoms with van der Waals surface area (Å²) in [5.74, 6) is 0.0714. The molecule has 1 unspecified atom stereocenters. The minimum atomic E-state index is -0.244. The maximum absolute atomic E-state index is 13.5. The van der Waals surface area contributed by atoms with Crippen molar-refractivity contribution in [2.24, 2.45) is 0 Å². The van der Waals surface area contributed by atoms with Crippen molar-refractivity contribution in [3.05, 3.63) is 57.3 Å². The maximum Gasteiger partial charge on any atom is 0.137 e. The number of aryl methyl sites for hydroxylation is 2. The summed E-state index contributed by atoms with van der Waals surface area (Å²) in [7, 11) is 0. The molecule has 2 N–H and O–H groups in total. The molecule has 3 rings (SSSR count). The number of aromatic hydroxyl groups is 1. The van der Waals surface area contributed by atoms with Crippen molar-refractivity contribution in [1.82, 2.24) is 0 Å². The lowest BCUT2D eigenvalue weighted by Gasteiger charge is -2.28. The molecule has 0 amide bonds. The molecule has 1 aliphatic carbocycles. The first-order valence-electron chi connectivity index (χ1n) is 7.08. The summed E-state index contributed by atoms with van der Waals surface area (Å²) < 4.78 is 14.0. The van der Waals surface area contributed by atoms with E-state index in [1.54, 1.807) is 12.1 Å². The van der Waals surface area contributed by atoms with E-state index < -0.39 is 0 Å². The van der Waals surface area contributed by atoms with Crippen LogP contribution in [0.2, 0.25) is 0 Å². The average molecular weight is 350 g/mol. The zero-order valence-electron chi connectivity index (χ0n) is 11.8. The van der Waals surface area contributed by atoms with Crippen LogP contribution < -0.4 is 5.32 Å². The second kappa shape index (κ2) is 5.68. The van der Waals surface area contributed by atoms with E-state index in [0.717, 1.165) is 30.5 Å². The first-order valence-corrected chi connectivity index (χ1v) is 7.88. The Morgan fingerprint density at radius 1 is 1.29 bits per heavy atom. The van der Waals surface area contributed by atoms with Crippen LogP contribution in [0.25, 0.3) is 0 Å². The van der Waals surface area contributed by atoms with Gasteiger partial charge in [-0.25, -0.2) is 4.39 Å². The van der Waals surface area contributed by atoms with Gasteiger partial charge in [-0.3, -0.25) is 0 Å². The highest BCUT2D eigenvalue weighted by molar-refractivity contribution is 9.10. The van der Waals surface area contributed by atoms with Crippen molar-refractivity contribution < 1.29 is 9.50 Å². The number of halogens is 2. The number of hydrogen-bond acceptors (Lipinski definition) is 2. The molecule has 2 aromatic carbocycles. The summed E-state index contributed by atoms with van der Waals surface area (Å²) in [4.78, 5) is 0.